The van der Waals surface area contributed by atoms with Gasteiger partial charge in [0.2, 0.25) is 4.80 Å². The van der Waals surface area contributed by atoms with E-state index in [2.05, 4.69) is 27.1 Å². The van der Waals surface area contributed by atoms with E-state index in [-0.39, 0.29) is 0 Å². The molecule has 0 N–H and O–H groups in total. The Balaban J connectivity index is 1.97. The summed E-state index contributed by atoms with van der Waals surface area (Å²) in [6, 6.07) is 15.4. The standard InChI is InChI=1S/C19H17Cl2N3S/c1-3-24-18(15-6-10-17(21)11-7-15)12-25-19(24)23-22-13(2)14-4-8-16(20)9-5-14/h4-12H,3H2,1-2H3/b22-13-,23-19-. The number of thiazole rings is 1. The highest BCUT2D eigenvalue weighted by atomic mass is 35.5. The number of rotatable bonds is 4. The van der Waals surface area contributed by atoms with Gasteiger partial charge in [-0.25, -0.2) is 0 Å². The summed E-state index contributed by atoms with van der Waals surface area (Å²) in [5.41, 5.74) is 4.08. The van der Waals surface area contributed by atoms with Gasteiger partial charge in [0.1, 0.15) is 0 Å². The Bertz CT molecular complexity index is 952. The highest BCUT2D eigenvalue weighted by Gasteiger charge is 2.06. The minimum atomic E-state index is 0.711. The molecule has 1 heterocycles. The second-order valence-corrected chi connectivity index (χ2v) is 7.16. The molecule has 0 fully saturated rings. The first kappa shape index (κ1) is 17.9. The molecule has 0 aliphatic rings. The molecule has 0 aliphatic carbocycles. The number of halogens is 2. The zero-order chi connectivity index (χ0) is 17.8. The van der Waals surface area contributed by atoms with Gasteiger partial charge in [-0.2, -0.15) is 5.10 Å². The number of hydrogen-bond acceptors (Lipinski definition) is 3. The maximum Gasteiger partial charge on any atom is 0.211 e. The second kappa shape index (κ2) is 8.00. The van der Waals surface area contributed by atoms with E-state index in [1.165, 1.54) is 0 Å². The molecule has 0 saturated heterocycles. The average molecular weight is 390 g/mol. The van der Waals surface area contributed by atoms with Gasteiger partial charge in [0, 0.05) is 22.0 Å². The summed E-state index contributed by atoms with van der Waals surface area (Å²) in [4.78, 5) is 0.862. The summed E-state index contributed by atoms with van der Waals surface area (Å²) < 4.78 is 2.15. The molecule has 0 spiro atoms. The van der Waals surface area contributed by atoms with Crippen molar-refractivity contribution < 1.29 is 0 Å². The van der Waals surface area contributed by atoms with Crippen molar-refractivity contribution in [3.8, 4) is 11.3 Å². The van der Waals surface area contributed by atoms with Gasteiger partial charge in [-0.1, -0.05) is 47.5 Å². The van der Waals surface area contributed by atoms with Crippen LogP contribution in [0.25, 0.3) is 11.3 Å². The first-order valence-corrected chi connectivity index (χ1v) is 9.50. The topological polar surface area (TPSA) is 29.6 Å². The van der Waals surface area contributed by atoms with Gasteiger partial charge in [0.05, 0.1) is 11.4 Å². The van der Waals surface area contributed by atoms with E-state index in [0.29, 0.717) is 5.02 Å². The number of hydrogen-bond donors (Lipinski definition) is 0. The Kier molecular flexibility index (Phi) is 5.74. The maximum absolute atomic E-state index is 5.98. The fourth-order valence-corrected chi connectivity index (χ4v) is 3.61. The van der Waals surface area contributed by atoms with Crippen molar-refractivity contribution in [2.45, 2.75) is 20.4 Å². The van der Waals surface area contributed by atoms with Crippen LogP contribution in [0.5, 0.6) is 0 Å². The molecule has 0 aliphatic heterocycles. The van der Waals surface area contributed by atoms with Crippen LogP contribution in [0, 0.1) is 0 Å². The van der Waals surface area contributed by atoms with E-state index < -0.39 is 0 Å². The molecule has 0 saturated carbocycles. The van der Waals surface area contributed by atoms with E-state index in [9.17, 15) is 0 Å². The Morgan fingerprint density at radius 1 is 1.00 bits per heavy atom. The van der Waals surface area contributed by atoms with Gasteiger partial charge >= 0.3 is 0 Å². The molecule has 3 aromatic rings. The lowest BCUT2D eigenvalue weighted by Crippen LogP contribution is -2.14. The highest BCUT2D eigenvalue weighted by Crippen LogP contribution is 2.22. The fourth-order valence-electron chi connectivity index (χ4n) is 2.43. The number of aromatic nitrogens is 1. The largest absolute Gasteiger partial charge is 0.315 e. The van der Waals surface area contributed by atoms with Crippen LogP contribution in [0.2, 0.25) is 10.0 Å². The summed E-state index contributed by atoms with van der Waals surface area (Å²) in [5.74, 6) is 0. The molecule has 0 atom stereocenters. The third-order valence-electron chi connectivity index (χ3n) is 3.80. The van der Waals surface area contributed by atoms with Crippen LogP contribution in [0.4, 0.5) is 0 Å². The normalized spacial score (nSPS) is 12.6. The molecule has 0 radical (unpaired) electrons. The van der Waals surface area contributed by atoms with E-state index >= 15 is 0 Å². The van der Waals surface area contributed by atoms with Crippen molar-refractivity contribution >= 4 is 40.3 Å². The van der Waals surface area contributed by atoms with E-state index in [1.54, 1.807) is 11.3 Å². The number of nitrogens with zero attached hydrogens (tertiary/aromatic N) is 3. The van der Waals surface area contributed by atoms with Crippen LogP contribution in [0.1, 0.15) is 19.4 Å². The van der Waals surface area contributed by atoms with Crippen molar-refractivity contribution in [1.29, 1.82) is 0 Å². The predicted molar refractivity (Wildman–Crippen MR) is 108 cm³/mol. The third-order valence-corrected chi connectivity index (χ3v) is 5.16. The molecule has 0 bridgehead atoms. The lowest BCUT2D eigenvalue weighted by Gasteiger charge is -2.05. The zero-order valence-corrected chi connectivity index (χ0v) is 16.2. The molecule has 0 unspecified atom stereocenters. The van der Waals surface area contributed by atoms with Gasteiger partial charge in [0.15, 0.2) is 0 Å². The summed E-state index contributed by atoms with van der Waals surface area (Å²) in [7, 11) is 0. The van der Waals surface area contributed by atoms with Crippen molar-refractivity contribution in [2.75, 3.05) is 0 Å². The molecular formula is C19H17Cl2N3S. The smallest absolute Gasteiger partial charge is 0.211 e. The molecule has 3 nitrogen and oxygen atoms in total. The van der Waals surface area contributed by atoms with E-state index in [4.69, 9.17) is 23.2 Å². The predicted octanol–water partition coefficient (Wildman–Crippen LogP) is 5.87. The Hall–Kier alpha value is -1.88. The molecule has 2 aromatic carbocycles. The van der Waals surface area contributed by atoms with Crippen molar-refractivity contribution in [3.63, 3.8) is 0 Å². The lowest BCUT2D eigenvalue weighted by atomic mass is 10.1. The summed E-state index contributed by atoms with van der Waals surface area (Å²) >= 11 is 13.5. The van der Waals surface area contributed by atoms with Crippen molar-refractivity contribution in [1.82, 2.24) is 4.57 Å². The van der Waals surface area contributed by atoms with Crippen LogP contribution in [-0.4, -0.2) is 10.3 Å². The van der Waals surface area contributed by atoms with Crippen LogP contribution in [0.15, 0.2) is 64.1 Å². The first-order chi connectivity index (χ1) is 12.1. The summed E-state index contributed by atoms with van der Waals surface area (Å²) in [6.45, 7) is 4.85. The summed E-state index contributed by atoms with van der Waals surface area (Å²) in [5, 5.41) is 12.4. The van der Waals surface area contributed by atoms with Crippen molar-refractivity contribution in [2.24, 2.45) is 10.2 Å². The fraction of sp³-hybridized carbons (Fsp3) is 0.158. The van der Waals surface area contributed by atoms with Gasteiger partial charge < -0.3 is 4.57 Å². The van der Waals surface area contributed by atoms with Crippen LogP contribution >= 0.6 is 34.5 Å². The zero-order valence-electron chi connectivity index (χ0n) is 13.9. The molecular weight excluding hydrogens is 373 g/mol. The van der Waals surface area contributed by atoms with Gasteiger partial charge in [-0.05, 0) is 49.2 Å². The molecule has 0 amide bonds. The minimum Gasteiger partial charge on any atom is -0.315 e. The lowest BCUT2D eigenvalue weighted by molar-refractivity contribution is 0.736. The molecule has 6 heteroatoms. The average Bonchev–Trinajstić information content (AvgIpc) is 3.04. The maximum atomic E-state index is 5.98. The van der Waals surface area contributed by atoms with Gasteiger partial charge in [-0.3, -0.25) is 0 Å². The molecule has 3 rings (SSSR count). The molecule has 128 valence electrons. The Morgan fingerprint density at radius 2 is 1.60 bits per heavy atom. The first-order valence-electron chi connectivity index (χ1n) is 7.87. The Morgan fingerprint density at radius 3 is 2.20 bits per heavy atom. The molecule has 1 aromatic heterocycles. The highest BCUT2D eigenvalue weighted by molar-refractivity contribution is 7.07. The van der Waals surface area contributed by atoms with Crippen molar-refractivity contribution in [3.05, 3.63) is 74.3 Å². The van der Waals surface area contributed by atoms with Gasteiger partial charge in [0.25, 0.3) is 0 Å². The van der Waals surface area contributed by atoms with E-state index in [0.717, 1.165) is 38.9 Å². The van der Waals surface area contributed by atoms with E-state index in [1.807, 2.05) is 55.5 Å². The van der Waals surface area contributed by atoms with Crippen LogP contribution in [-0.2, 0) is 6.54 Å². The summed E-state index contributed by atoms with van der Waals surface area (Å²) in [6.07, 6.45) is 0. The Labute approximate surface area is 160 Å². The number of benzene rings is 2. The SMILES string of the molecule is CCn1c(-c2ccc(Cl)cc2)cs/c1=N\N=C(\C)c1ccc(Cl)cc1. The quantitative estimate of drug-likeness (QED) is 0.394. The minimum absolute atomic E-state index is 0.711. The van der Waals surface area contributed by atoms with Crippen LogP contribution in [0.3, 0.4) is 0 Å². The molecule has 25 heavy (non-hydrogen) atoms. The monoisotopic (exact) mass is 389 g/mol. The third kappa shape index (κ3) is 4.21. The van der Waals surface area contributed by atoms with Gasteiger partial charge in [-0.15, -0.1) is 16.4 Å². The van der Waals surface area contributed by atoms with Crippen LogP contribution < -0.4 is 4.80 Å². The second-order valence-electron chi connectivity index (χ2n) is 5.45.